The molecule has 0 unspecified atom stereocenters. The highest BCUT2D eigenvalue weighted by atomic mass is 19.1. The Morgan fingerprint density at radius 1 is 1.62 bits per heavy atom. The number of hydrogen-bond donors (Lipinski definition) is 1. The van der Waals surface area contributed by atoms with Crippen LogP contribution in [-0.4, -0.2) is 21.4 Å². The van der Waals surface area contributed by atoms with E-state index in [2.05, 4.69) is 15.0 Å². The summed E-state index contributed by atoms with van der Waals surface area (Å²) in [6, 6.07) is 0. The van der Waals surface area contributed by atoms with E-state index in [0.717, 1.165) is 4.57 Å². The highest BCUT2D eigenvalue weighted by molar-refractivity contribution is 5.04. The number of rotatable bonds is 3. The Hall–Kier alpha value is -2.12. The maximum absolute atomic E-state index is 14.5. The van der Waals surface area contributed by atoms with Gasteiger partial charge in [-0.2, -0.15) is 0 Å². The van der Waals surface area contributed by atoms with Crippen molar-refractivity contribution in [3.63, 3.8) is 0 Å². The monoisotopic (exact) mass is 297 g/mol. The molecule has 8 nitrogen and oxygen atoms in total. The van der Waals surface area contributed by atoms with Crippen LogP contribution in [0.3, 0.4) is 0 Å². The van der Waals surface area contributed by atoms with E-state index >= 15 is 0 Å². The Morgan fingerprint density at radius 2 is 2.29 bits per heavy atom. The molecule has 0 saturated carbocycles. The van der Waals surface area contributed by atoms with Crippen LogP contribution in [0.2, 0.25) is 0 Å². The van der Waals surface area contributed by atoms with Gasteiger partial charge in [0.25, 0.3) is 5.56 Å². The van der Waals surface area contributed by atoms with Gasteiger partial charge in [0.05, 0.1) is 0 Å². The third kappa shape index (κ3) is 2.34. The first-order chi connectivity index (χ1) is 9.86. The number of alkyl halides is 1. The summed E-state index contributed by atoms with van der Waals surface area (Å²) in [6.07, 6.45) is -1.27. The van der Waals surface area contributed by atoms with Crippen molar-refractivity contribution in [1.82, 2.24) is 9.55 Å². The van der Waals surface area contributed by atoms with E-state index in [4.69, 9.17) is 10.3 Å². The Balaban J connectivity index is 2.52. The topological polar surface area (TPSA) is 113 Å². The zero-order valence-electron chi connectivity index (χ0n) is 11.9. The summed E-state index contributed by atoms with van der Waals surface area (Å²) in [6.45, 7) is 4.77. The summed E-state index contributed by atoms with van der Waals surface area (Å²) >= 11 is 0. The zero-order chi connectivity index (χ0) is 15.8. The molecule has 1 aromatic heterocycles. The predicted molar refractivity (Wildman–Crippen MR) is 72.4 cm³/mol. The second kappa shape index (κ2) is 5.34. The highest BCUT2D eigenvalue weighted by Crippen LogP contribution is 2.45. The number of hydrogen-bond acceptors (Lipinski definition) is 4. The molecule has 0 aliphatic carbocycles. The normalized spacial score (nSPS) is 31.9. The molecule has 0 spiro atoms. The van der Waals surface area contributed by atoms with Crippen LogP contribution in [0.1, 0.15) is 32.1 Å². The average molecular weight is 297 g/mol. The molecule has 1 aliphatic rings. The first-order valence-corrected chi connectivity index (χ1v) is 6.56. The molecule has 1 N–H and O–H groups in total. The van der Waals surface area contributed by atoms with Gasteiger partial charge in [0.1, 0.15) is 0 Å². The summed E-state index contributed by atoms with van der Waals surface area (Å²) in [5.41, 5.74) is 6.28. The van der Waals surface area contributed by atoms with Gasteiger partial charge in [-0.05, 0) is 18.9 Å². The minimum atomic E-state index is -1.54. The third-order valence-electron chi connectivity index (χ3n) is 3.93. The number of halogens is 1. The fraction of sp³-hybridized carbons (Fsp3) is 0.667. The minimum Gasteiger partial charge on any atom is -0.342 e. The van der Waals surface area contributed by atoms with Crippen LogP contribution >= 0.6 is 0 Å². The lowest BCUT2D eigenvalue weighted by Gasteiger charge is -2.25. The quantitative estimate of drug-likeness (QED) is 0.521. The van der Waals surface area contributed by atoms with E-state index in [9.17, 15) is 14.0 Å². The number of nitrogens with zero attached hydrogens (tertiary/aromatic N) is 4. The summed E-state index contributed by atoms with van der Waals surface area (Å²) < 4.78 is 21.1. The van der Waals surface area contributed by atoms with E-state index < -0.39 is 35.3 Å². The van der Waals surface area contributed by atoms with Gasteiger partial charge in [-0.15, -0.1) is 0 Å². The Bertz CT molecular complexity index is 708. The van der Waals surface area contributed by atoms with Crippen LogP contribution in [-0.2, 0) is 4.74 Å². The summed E-state index contributed by atoms with van der Waals surface area (Å²) in [7, 11) is 0. The van der Waals surface area contributed by atoms with Crippen LogP contribution in [0, 0.1) is 12.8 Å². The van der Waals surface area contributed by atoms with Crippen molar-refractivity contribution in [1.29, 1.82) is 0 Å². The molecule has 1 aromatic rings. The van der Waals surface area contributed by atoms with Crippen molar-refractivity contribution < 1.29 is 9.13 Å². The second-order valence-electron chi connectivity index (χ2n) is 5.11. The zero-order valence-corrected chi connectivity index (χ0v) is 11.9. The number of H-pyrrole nitrogens is 1. The standard InChI is InChI=1S/C12H16FN5O3/c1-4-12(16-17-14)7(3)8(13)10(21-12)18-5-6(2)9(19)15-11(18)20/h5,7-8,10H,4H2,1-3H3,(H,15,19,20)/t7-,8-,10+,12+/m0/s1. The van der Waals surface area contributed by atoms with Gasteiger partial charge in [0, 0.05) is 22.6 Å². The Morgan fingerprint density at radius 3 is 2.86 bits per heavy atom. The van der Waals surface area contributed by atoms with Crippen molar-refractivity contribution >= 4 is 0 Å². The van der Waals surface area contributed by atoms with E-state index in [1.165, 1.54) is 13.1 Å². The summed E-state index contributed by atoms with van der Waals surface area (Å²) in [4.78, 5) is 28.0. The van der Waals surface area contributed by atoms with Crippen molar-refractivity contribution in [3.05, 3.63) is 43.0 Å². The maximum atomic E-state index is 14.5. The molecule has 1 aliphatic heterocycles. The molecule has 0 bridgehead atoms. The van der Waals surface area contributed by atoms with Crippen molar-refractivity contribution in [3.8, 4) is 0 Å². The minimum absolute atomic E-state index is 0.260. The first-order valence-electron chi connectivity index (χ1n) is 6.56. The molecule has 2 rings (SSSR count). The van der Waals surface area contributed by atoms with Gasteiger partial charge < -0.3 is 4.74 Å². The number of aromatic amines is 1. The van der Waals surface area contributed by atoms with Crippen LogP contribution in [0.15, 0.2) is 20.9 Å². The lowest BCUT2D eigenvalue weighted by molar-refractivity contribution is -0.0878. The second-order valence-corrected chi connectivity index (χ2v) is 5.11. The van der Waals surface area contributed by atoms with Crippen molar-refractivity contribution in [2.24, 2.45) is 11.0 Å². The average Bonchev–Trinajstić information content (AvgIpc) is 2.69. The van der Waals surface area contributed by atoms with Crippen LogP contribution in [0.25, 0.3) is 10.4 Å². The van der Waals surface area contributed by atoms with Gasteiger partial charge in [-0.3, -0.25) is 14.3 Å². The molecule has 1 saturated heterocycles. The SMILES string of the molecule is CC[C@@]1(N=[N+]=[N-])O[C@@H](n2cc(C)c(=O)[nH]c2=O)[C@@H](F)[C@@H]1C. The number of nitrogens with one attached hydrogen (secondary N) is 1. The molecule has 1 fully saturated rings. The predicted octanol–water partition coefficient (Wildman–Crippen LogP) is 1.76. The largest absolute Gasteiger partial charge is 0.342 e. The summed E-state index contributed by atoms with van der Waals surface area (Å²) in [5, 5.41) is 3.58. The van der Waals surface area contributed by atoms with Crippen molar-refractivity contribution in [2.75, 3.05) is 0 Å². The molecule has 21 heavy (non-hydrogen) atoms. The van der Waals surface area contributed by atoms with Gasteiger partial charge in [-0.1, -0.05) is 19.0 Å². The van der Waals surface area contributed by atoms with Gasteiger partial charge in [-0.25, -0.2) is 9.18 Å². The van der Waals surface area contributed by atoms with Crippen LogP contribution < -0.4 is 11.2 Å². The molecule has 0 aromatic carbocycles. The lowest BCUT2D eigenvalue weighted by Crippen LogP contribution is -2.36. The molecular formula is C12H16FN5O3. The number of aryl methyl sites for hydroxylation is 1. The molecule has 0 amide bonds. The van der Waals surface area contributed by atoms with Gasteiger partial charge in [0.15, 0.2) is 18.1 Å². The van der Waals surface area contributed by atoms with E-state index in [-0.39, 0.29) is 12.0 Å². The Labute approximate surface area is 119 Å². The van der Waals surface area contributed by atoms with E-state index in [1.54, 1.807) is 13.8 Å². The molecular weight excluding hydrogens is 281 g/mol. The van der Waals surface area contributed by atoms with Gasteiger partial charge >= 0.3 is 5.69 Å². The molecule has 0 radical (unpaired) electrons. The first kappa shape index (κ1) is 15.3. The fourth-order valence-corrected chi connectivity index (χ4v) is 2.53. The fourth-order valence-electron chi connectivity index (χ4n) is 2.53. The number of azide groups is 1. The highest BCUT2D eigenvalue weighted by Gasteiger charge is 2.53. The van der Waals surface area contributed by atoms with Crippen LogP contribution in [0.4, 0.5) is 4.39 Å². The molecule has 114 valence electrons. The number of aromatic nitrogens is 2. The molecule has 9 heteroatoms. The van der Waals surface area contributed by atoms with E-state index in [1.807, 2.05) is 0 Å². The van der Waals surface area contributed by atoms with E-state index in [0.29, 0.717) is 0 Å². The Kier molecular flexibility index (Phi) is 3.89. The molecule has 4 atom stereocenters. The third-order valence-corrected chi connectivity index (χ3v) is 3.93. The smallest absolute Gasteiger partial charge is 0.330 e. The summed E-state index contributed by atoms with van der Waals surface area (Å²) in [5.74, 6) is -0.720. The van der Waals surface area contributed by atoms with Crippen molar-refractivity contribution in [2.45, 2.75) is 45.3 Å². The maximum Gasteiger partial charge on any atom is 0.330 e. The van der Waals surface area contributed by atoms with Gasteiger partial charge in [0.2, 0.25) is 0 Å². The molecule has 2 heterocycles. The lowest BCUT2D eigenvalue weighted by atomic mass is 9.94. The number of ether oxygens (including phenoxy) is 1. The van der Waals surface area contributed by atoms with Crippen LogP contribution in [0.5, 0.6) is 0 Å².